The van der Waals surface area contributed by atoms with Gasteiger partial charge in [0.05, 0.1) is 31.4 Å². The Bertz CT molecular complexity index is 1270. The summed E-state index contributed by atoms with van der Waals surface area (Å²) in [6.45, 7) is 0.180. The van der Waals surface area contributed by atoms with Crippen molar-refractivity contribution < 1.29 is 24.2 Å². The van der Waals surface area contributed by atoms with Crippen LogP contribution >= 0.6 is 0 Å². The number of ether oxygens (including phenoxy) is 2. The Labute approximate surface area is 204 Å². The first-order chi connectivity index (χ1) is 16.8. The Kier molecular flexibility index (Phi) is 6.73. The van der Waals surface area contributed by atoms with E-state index < -0.39 is 17.7 Å². The molecule has 3 aromatic rings. The Morgan fingerprint density at radius 1 is 1.00 bits per heavy atom. The minimum absolute atomic E-state index is 0.00628. The number of pyridine rings is 1. The number of hydrogen-bond acceptors (Lipinski definition) is 7. The van der Waals surface area contributed by atoms with Gasteiger partial charge in [-0.3, -0.25) is 14.6 Å². The number of rotatable bonds is 7. The second-order valence-electron chi connectivity index (χ2n) is 8.33. The minimum Gasteiger partial charge on any atom is -0.507 e. The van der Waals surface area contributed by atoms with E-state index in [-0.39, 0.29) is 23.4 Å². The number of amides is 1. The van der Waals surface area contributed by atoms with Crippen molar-refractivity contribution in [3.05, 3.63) is 89.3 Å². The third-order valence-corrected chi connectivity index (χ3v) is 6.03. The van der Waals surface area contributed by atoms with Gasteiger partial charge in [0, 0.05) is 38.7 Å². The molecule has 1 aromatic heterocycles. The zero-order valence-corrected chi connectivity index (χ0v) is 20.1. The number of ketones is 1. The number of carbonyl (C=O) groups is 2. The smallest absolute Gasteiger partial charge is 0.295 e. The summed E-state index contributed by atoms with van der Waals surface area (Å²) in [7, 11) is 6.84. The predicted molar refractivity (Wildman–Crippen MR) is 132 cm³/mol. The lowest BCUT2D eigenvalue weighted by Crippen LogP contribution is -2.29. The predicted octanol–water partition coefficient (Wildman–Crippen LogP) is 3.79. The second kappa shape index (κ2) is 9.89. The second-order valence-corrected chi connectivity index (χ2v) is 8.33. The summed E-state index contributed by atoms with van der Waals surface area (Å²) < 4.78 is 10.7. The molecule has 8 nitrogen and oxygen atoms in total. The molecule has 2 aromatic carbocycles. The summed E-state index contributed by atoms with van der Waals surface area (Å²) >= 11 is 0. The van der Waals surface area contributed by atoms with Gasteiger partial charge in [0.25, 0.3) is 11.7 Å². The topological polar surface area (TPSA) is 92.2 Å². The average Bonchev–Trinajstić information content (AvgIpc) is 3.13. The molecule has 1 aliphatic rings. The molecule has 0 aliphatic carbocycles. The van der Waals surface area contributed by atoms with E-state index in [4.69, 9.17) is 9.47 Å². The third kappa shape index (κ3) is 4.55. The van der Waals surface area contributed by atoms with Crippen molar-refractivity contribution in [2.75, 3.05) is 33.2 Å². The number of carbonyl (C=O) groups excluding carboxylic acids is 2. The molecule has 0 bridgehead atoms. The number of methoxy groups -OCH3 is 2. The van der Waals surface area contributed by atoms with Gasteiger partial charge in [-0.15, -0.1) is 0 Å². The van der Waals surface area contributed by atoms with Crippen molar-refractivity contribution in [3.8, 4) is 11.5 Å². The molecule has 8 heteroatoms. The SMILES string of the molecule is COc1ccc(OC)c(/C(O)=C2\C(=O)C(=O)N(Cc3ccncc3)C2c2ccc(N(C)C)cc2)c1. The molecule has 1 aliphatic heterocycles. The number of benzene rings is 2. The molecule has 1 atom stereocenters. The van der Waals surface area contributed by atoms with Gasteiger partial charge in [0.1, 0.15) is 17.3 Å². The van der Waals surface area contributed by atoms with Gasteiger partial charge in [0.2, 0.25) is 0 Å². The number of anilines is 1. The molecule has 180 valence electrons. The van der Waals surface area contributed by atoms with E-state index in [0.717, 1.165) is 11.3 Å². The molecule has 1 amide bonds. The highest BCUT2D eigenvalue weighted by atomic mass is 16.5. The number of aliphatic hydroxyl groups excluding tert-OH is 1. The summed E-state index contributed by atoms with van der Waals surface area (Å²) in [6, 6.07) is 15.2. The lowest BCUT2D eigenvalue weighted by atomic mass is 9.94. The van der Waals surface area contributed by atoms with Crippen molar-refractivity contribution >= 4 is 23.1 Å². The molecular formula is C27H27N3O5. The van der Waals surface area contributed by atoms with E-state index in [2.05, 4.69) is 4.98 Å². The van der Waals surface area contributed by atoms with E-state index in [1.54, 1.807) is 42.7 Å². The van der Waals surface area contributed by atoms with Crippen LogP contribution in [0.1, 0.15) is 22.7 Å². The van der Waals surface area contributed by atoms with Gasteiger partial charge in [0.15, 0.2) is 0 Å². The molecule has 1 N–H and O–H groups in total. The molecule has 4 rings (SSSR count). The van der Waals surface area contributed by atoms with E-state index in [1.165, 1.54) is 19.1 Å². The van der Waals surface area contributed by atoms with Crippen LogP contribution in [0.5, 0.6) is 11.5 Å². The monoisotopic (exact) mass is 473 g/mol. The van der Waals surface area contributed by atoms with Gasteiger partial charge in [-0.25, -0.2) is 0 Å². The molecule has 35 heavy (non-hydrogen) atoms. The first kappa shape index (κ1) is 23.8. The standard InChI is InChI=1S/C27H27N3O5/c1-29(2)19-7-5-18(6-8-19)24-23(25(31)21-15-20(34-3)9-10-22(21)35-4)26(32)27(33)30(24)16-17-11-13-28-14-12-17/h5-15,24,31H,16H2,1-4H3/b25-23+. The van der Waals surface area contributed by atoms with Crippen LogP contribution in [0, 0.1) is 0 Å². The molecule has 1 saturated heterocycles. The minimum atomic E-state index is -0.796. The summed E-state index contributed by atoms with van der Waals surface area (Å²) in [5.74, 6) is -0.941. The maximum Gasteiger partial charge on any atom is 0.295 e. The number of Topliss-reactive ketones (excluding diaryl/α,β-unsaturated/α-hetero) is 1. The summed E-state index contributed by atoms with van der Waals surface area (Å²) in [6.07, 6.45) is 3.27. The van der Waals surface area contributed by atoms with Gasteiger partial charge < -0.3 is 24.4 Å². The van der Waals surface area contributed by atoms with Crippen molar-refractivity contribution in [1.82, 2.24) is 9.88 Å². The van der Waals surface area contributed by atoms with Crippen LogP contribution < -0.4 is 14.4 Å². The zero-order valence-electron chi connectivity index (χ0n) is 20.1. The molecule has 0 spiro atoms. The van der Waals surface area contributed by atoms with Gasteiger partial charge >= 0.3 is 0 Å². The van der Waals surface area contributed by atoms with Gasteiger partial charge in [-0.2, -0.15) is 0 Å². The van der Waals surface area contributed by atoms with Crippen LogP contribution in [-0.4, -0.2) is 55.0 Å². The summed E-state index contributed by atoms with van der Waals surface area (Å²) in [5, 5.41) is 11.4. The lowest BCUT2D eigenvalue weighted by molar-refractivity contribution is -0.140. The highest BCUT2D eigenvalue weighted by molar-refractivity contribution is 6.46. The Morgan fingerprint density at radius 2 is 1.69 bits per heavy atom. The van der Waals surface area contributed by atoms with Gasteiger partial charge in [-0.05, 0) is 53.6 Å². The number of hydrogen-bond donors (Lipinski definition) is 1. The molecule has 2 heterocycles. The maximum absolute atomic E-state index is 13.3. The van der Waals surface area contributed by atoms with Crippen LogP contribution in [0.3, 0.4) is 0 Å². The molecular weight excluding hydrogens is 446 g/mol. The first-order valence-corrected chi connectivity index (χ1v) is 11.0. The molecule has 0 radical (unpaired) electrons. The molecule has 0 saturated carbocycles. The van der Waals surface area contributed by atoms with Crippen LogP contribution in [0.2, 0.25) is 0 Å². The Balaban J connectivity index is 1.90. The van der Waals surface area contributed by atoms with Crippen molar-refractivity contribution in [1.29, 1.82) is 0 Å². The van der Waals surface area contributed by atoms with Crippen LogP contribution in [0.15, 0.2) is 72.6 Å². The number of aliphatic hydroxyl groups is 1. The fraction of sp³-hybridized carbons (Fsp3) is 0.222. The van der Waals surface area contributed by atoms with Crippen molar-refractivity contribution in [2.24, 2.45) is 0 Å². The molecule has 1 fully saturated rings. The summed E-state index contributed by atoms with van der Waals surface area (Å²) in [5.41, 5.74) is 2.74. The van der Waals surface area contributed by atoms with E-state index in [1.807, 2.05) is 43.3 Å². The number of nitrogens with zero attached hydrogens (tertiary/aromatic N) is 3. The highest BCUT2D eigenvalue weighted by Crippen LogP contribution is 2.42. The number of likely N-dealkylation sites (tertiary alicyclic amines) is 1. The lowest BCUT2D eigenvalue weighted by Gasteiger charge is -2.26. The van der Waals surface area contributed by atoms with Crippen LogP contribution in [-0.2, 0) is 16.1 Å². The van der Waals surface area contributed by atoms with Crippen LogP contribution in [0.4, 0.5) is 5.69 Å². The largest absolute Gasteiger partial charge is 0.507 e. The zero-order chi connectivity index (χ0) is 25.1. The molecule has 1 unspecified atom stereocenters. The average molecular weight is 474 g/mol. The fourth-order valence-corrected chi connectivity index (χ4v) is 4.17. The van der Waals surface area contributed by atoms with Crippen molar-refractivity contribution in [3.63, 3.8) is 0 Å². The number of aromatic nitrogens is 1. The highest BCUT2D eigenvalue weighted by Gasteiger charge is 2.46. The van der Waals surface area contributed by atoms with E-state index in [9.17, 15) is 14.7 Å². The normalized spacial score (nSPS) is 16.9. The summed E-state index contributed by atoms with van der Waals surface area (Å²) in [4.78, 5) is 34.0. The van der Waals surface area contributed by atoms with Gasteiger partial charge in [-0.1, -0.05) is 12.1 Å². The maximum atomic E-state index is 13.3. The van der Waals surface area contributed by atoms with E-state index >= 15 is 0 Å². The van der Waals surface area contributed by atoms with Crippen LogP contribution in [0.25, 0.3) is 5.76 Å². The Hall–Kier alpha value is -4.33. The Morgan fingerprint density at radius 3 is 2.29 bits per heavy atom. The van der Waals surface area contributed by atoms with Crippen molar-refractivity contribution in [2.45, 2.75) is 12.6 Å². The fourth-order valence-electron chi connectivity index (χ4n) is 4.17. The first-order valence-electron chi connectivity index (χ1n) is 11.0. The quantitative estimate of drug-likeness (QED) is 0.317. The third-order valence-electron chi connectivity index (χ3n) is 6.03. The van der Waals surface area contributed by atoms with E-state index in [0.29, 0.717) is 17.1 Å².